The van der Waals surface area contributed by atoms with Gasteiger partial charge in [0.1, 0.15) is 12.1 Å². The summed E-state index contributed by atoms with van der Waals surface area (Å²) in [6.45, 7) is 0. The summed E-state index contributed by atoms with van der Waals surface area (Å²) in [5, 5.41) is 0. The number of hydrogen-bond acceptors (Lipinski definition) is 4. The Morgan fingerprint density at radius 2 is 1.87 bits per heavy atom. The first-order valence-electron chi connectivity index (χ1n) is 5.34. The third-order valence-electron chi connectivity index (χ3n) is 2.56. The van der Waals surface area contributed by atoms with E-state index in [2.05, 4.69) is 0 Å². The molecule has 1 amide bonds. The largest absolute Gasteiger partial charge is 0.461 e. The maximum Gasteiger partial charge on any atom is 0.323 e. The highest BCUT2D eigenvalue weighted by molar-refractivity contribution is 5.84. The van der Waals surface area contributed by atoms with Crippen LogP contribution in [-0.4, -0.2) is 24.0 Å². The van der Waals surface area contributed by atoms with Gasteiger partial charge in [0.15, 0.2) is 0 Å². The molecule has 0 aromatic carbocycles. The maximum atomic E-state index is 11.4. The van der Waals surface area contributed by atoms with Crippen molar-refractivity contribution in [2.75, 3.05) is 0 Å². The van der Waals surface area contributed by atoms with Crippen molar-refractivity contribution in [3.63, 3.8) is 0 Å². The molecule has 0 spiro atoms. The van der Waals surface area contributed by atoms with Crippen molar-refractivity contribution < 1.29 is 14.3 Å². The van der Waals surface area contributed by atoms with Crippen LogP contribution in [0, 0.1) is 0 Å². The third-order valence-corrected chi connectivity index (χ3v) is 2.56. The van der Waals surface area contributed by atoms with Crippen LogP contribution >= 0.6 is 0 Å². The highest BCUT2D eigenvalue weighted by Crippen LogP contribution is 2.20. The Hall–Kier alpha value is -1.10. The second-order valence-electron chi connectivity index (χ2n) is 3.97. The van der Waals surface area contributed by atoms with E-state index < -0.39 is 17.9 Å². The minimum absolute atomic E-state index is 0.0230. The molecule has 0 heterocycles. The van der Waals surface area contributed by atoms with Crippen molar-refractivity contribution in [1.82, 2.24) is 0 Å². The lowest BCUT2D eigenvalue weighted by molar-refractivity contribution is -0.153. The van der Waals surface area contributed by atoms with Crippen LogP contribution in [-0.2, 0) is 14.3 Å². The molecular weight excluding hydrogens is 196 g/mol. The monoisotopic (exact) mass is 214 g/mol. The van der Waals surface area contributed by atoms with Crippen LogP contribution in [0.2, 0.25) is 0 Å². The van der Waals surface area contributed by atoms with Gasteiger partial charge in [-0.05, 0) is 25.7 Å². The molecule has 1 saturated carbocycles. The van der Waals surface area contributed by atoms with Crippen molar-refractivity contribution in [2.24, 2.45) is 11.5 Å². The number of ether oxygens (including phenoxy) is 1. The van der Waals surface area contributed by atoms with E-state index in [1.54, 1.807) is 0 Å². The molecule has 0 aliphatic heterocycles. The summed E-state index contributed by atoms with van der Waals surface area (Å²) in [6.07, 6.45) is 4.99. The lowest BCUT2D eigenvalue weighted by Crippen LogP contribution is -2.38. The molecule has 1 rings (SSSR count). The third kappa shape index (κ3) is 4.29. The van der Waals surface area contributed by atoms with Gasteiger partial charge in [-0.25, -0.2) is 0 Å². The summed E-state index contributed by atoms with van der Waals surface area (Å²) >= 11 is 0. The predicted octanol–water partition coefficient (Wildman–Crippen LogP) is 0.0650. The zero-order valence-electron chi connectivity index (χ0n) is 8.78. The summed E-state index contributed by atoms with van der Waals surface area (Å²) in [6, 6.07) is -0.913. The van der Waals surface area contributed by atoms with Crippen LogP contribution in [0.3, 0.4) is 0 Å². The predicted molar refractivity (Wildman–Crippen MR) is 54.8 cm³/mol. The molecule has 0 bridgehead atoms. The molecule has 1 fully saturated rings. The number of rotatable bonds is 4. The minimum atomic E-state index is -0.913. The highest BCUT2D eigenvalue weighted by atomic mass is 16.5. The average Bonchev–Trinajstić information content (AvgIpc) is 2.18. The molecule has 1 aliphatic rings. The first kappa shape index (κ1) is 12.0. The van der Waals surface area contributed by atoms with Gasteiger partial charge < -0.3 is 16.2 Å². The molecule has 1 aliphatic carbocycles. The number of esters is 1. The molecule has 1 unspecified atom stereocenters. The van der Waals surface area contributed by atoms with Crippen LogP contribution in [0.25, 0.3) is 0 Å². The Morgan fingerprint density at radius 1 is 1.27 bits per heavy atom. The van der Waals surface area contributed by atoms with Crippen LogP contribution < -0.4 is 11.5 Å². The van der Waals surface area contributed by atoms with Crippen molar-refractivity contribution >= 4 is 11.9 Å². The Bertz CT molecular complexity index is 237. The standard InChI is InChI=1S/C10H18N2O3/c11-8(6-9(12)13)10(14)15-7-4-2-1-3-5-7/h7-8H,1-6,11H2,(H2,12,13). The van der Waals surface area contributed by atoms with Crippen molar-refractivity contribution in [3.8, 4) is 0 Å². The van der Waals surface area contributed by atoms with Crippen molar-refractivity contribution in [3.05, 3.63) is 0 Å². The fourth-order valence-electron chi connectivity index (χ4n) is 1.73. The average molecular weight is 214 g/mol. The van der Waals surface area contributed by atoms with Crippen LogP contribution in [0.4, 0.5) is 0 Å². The first-order valence-corrected chi connectivity index (χ1v) is 5.34. The van der Waals surface area contributed by atoms with E-state index in [-0.39, 0.29) is 12.5 Å². The normalized spacial score (nSPS) is 19.5. The fraction of sp³-hybridized carbons (Fsp3) is 0.800. The van der Waals surface area contributed by atoms with E-state index in [1.165, 1.54) is 6.42 Å². The molecule has 0 radical (unpaired) electrons. The van der Waals surface area contributed by atoms with E-state index >= 15 is 0 Å². The lowest BCUT2D eigenvalue weighted by Gasteiger charge is -2.23. The van der Waals surface area contributed by atoms with E-state index in [4.69, 9.17) is 16.2 Å². The minimum Gasteiger partial charge on any atom is -0.461 e. The Labute approximate surface area is 89.1 Å². The van der Waals surface area contributed by atoms with Crippen molar-refractivity contribution in [2.45, 2.75) is 50.7 Å². The first-order chi connectivity index (χ1) is 7.09. The molecule has 4 N–H and O–H groups in total. The molecule has 1 atom stereocenters. The molecule has 0 aromatic heterocycles. The number of hydrogen-bond donors (Lipinski definition) is 2. The van der Waals surface area contributed by atoms with Crippen molar-refractivity contribution in [1.29, 1.82) is 0 Å². The van der Waals surface area contributed by atoms with E-state index in [0.29, 0.717) is 0 Å². The van der Waals surface area contributed by atoms with Crippen LogP contribution in [0.5, 0.6) is 0 Å². The van der Waals surface area contributed by atoms with Gasteiger partial charge >= 0.3 is 5.97 Å². The molecule has 0 aromatic rings. The molecule has 5 heteroatoms. The van der Waals surface area contributed by atoms with Gasteiger partial charge in [-0.3, -0.25) is 9.59 Å². The maximum absolute atomic E-state index is 11.4. The second-order valence-corrected chi connectivity index (χ2v) is 3.97. The van der Waals surface area contributed by atoms with Gasteiger partial charge in [-0.15, -0.1) is 0 Å². The zero-order valence-corrected chi connectivity index (χ0v) is 8.78. The fourth-order valence-corrected chi connectivity index (χ4v) is 1.73. The van der Waals surface area contributed by atoms with Gasteiger partial charge in [0.05, 0.1) is 6.42 Å². The highest BCUT2D eigenvalue weighted by Gasteiger charge is 2.22. The van der Waals surface area contributed by atoms with E-state index in [0.717, 1.165) is 25.7 Å². The topological polar surface area (TPSA) is 95.4 Å². The summed E-state index contributed by atoms with van der Waals surface area (Å²) in [5.74, 6) is -1.09. The number of carbonyl (C=O) groups is 2. The Kier molecular flexibility index (Phi) is 4.55. The number of carbonyl (C=O) groups excluding carboxylic acids is 2. The number of nitrogens with two attached hydrogens (primary N) is 2. The van der Waals surface area contributed by atoms with Gasteiger partial charge in [-0.1, -0.05) is 6.42 Å². The van der Waals surface area contributed by atoms with E-state index in [1.807, 2.05) is 0 Å². The quantitative estimate of drug-likeness (QED) is 0.647. The van der Waals surface area contributed by atoms with Gasteiger partial charge in [0, 0.05) is 0 Å². The van der Waals surface area contributed by atoms with Crippen LogP contribution in [0.15, 0.2) is 0 Å². The lowest BCUT2D eigenvalue weighted by atomic mass is 9.98. The number of primary amides is 1. The molecule has 0 saturated heterocycles. The Morgan fingerprint density at radius 3 is 2.40 bits per heavy atom. The van der Waals surface area contributed by atoms with Gasteiger partial charge in [0.25, 0.3) is 0 Å². The summed E-state index contributed by atoms with van der Waals surface area (Å²) < 4.78 is 5.18. The SMILES string of the molecule is NC(=O)CC(N)C(=O)OC1CCCCC1. The number of amides is 1. The Balaban J connectivity index is 2.30. The molecule has 5 nitrogen and oxygen atoms in total. The van der Waals surface area contributed by atoms with Gasteiger partial charge in [-0.2, -0.15) is 0 Å². The summed E-state index contributed by atoms with van der Waals surface area (Å²) in [4.78, 5) is 21.9. The summed E-state index contributed by atoms with van der Waals surface area (Å²) in [5.41, 5.74) is 10.4. The molecular formula is C10H18N2O3. The van der Waals surface area contributed by atoms with E-state index in [9.17, 15) is 9.59 Å². The smallest absolute Gasteiger partial charge is 0.323 e. The summed E-state index contributed by atoms with van der Waals surface area (Å²) in [7, 11) is 0. The zero-order chi connectivity index (χ0) is 11.3. The van der Waals surface area contributed by atoms with Crippen LogP contribution in [0.1, 0.15) is 38.5 Å². The molecule has 86 valence electrons. The second kappa shape index (κ2) is 5.70. The van der Waals surface area contributed by atoms with Gasteiger partial charge in [0.2, 0.25) is 5.91 Å². The molecule has 15 heavy (non-hydrogen) atoms.